The Morgan fingerprint density at radius 2 is 1.94 bits per heavy atom. The summed E-state index contributed by atoms with van der Waals surface area (Å²) < 4.78 is 0. The smallest absolute Gasteiger partial charge is 0.0602 e. The van der Waals surface area contributed by atoms with Crippen molar-refractivity contribution in [1.82, 2.24) is 0 Å². The van der Waals surface area contributed by atoms with E-state index in [2.05, 4.69) is 41.4 Å². The first kappa shape index (κ1) is 13.3. The first-order valence-electron chi connectivity index (χ1n) is 7.49. The third-order valence-electron chi connectivity index (χ3n) is 3.70. The molecule has 0 fully saturated rings. The van der Waals surface area contributed by atoms with Crippen LogP contribution in [0.4, 0.5) is 11.4 Å². The molecule has 0 saturated heterocycles. The molecule has 0 unspecified atom stereocenters. The van der Waals surface area contributed by atoms with Gasteiger partial charge in [0.05, 0.1) is 11.4 Å². The number of hydrogen-bond donors (Lipinski definition) is 1. The number of fused-ring (bicyclic) bond motifs is 1. The summed E-state index contributed by atoms with van der Waals surface area (Å²) >= 11 is 0. The maximum atomic E-state index is 3.52. The van der Waals surface area contributed by atoms with Gasteiger partial charge >= 0.3 is 0 Å². The molecule has 1 aliphatic rings. The van der Waals surface area contributed by atoms with Crippen LogP contribution in [-0.4, -0.2) is 19.6 Å². The van der Waals surface area contributed by atoms with E-state index in [9.17, 15) is 0 Å². The minimum absolute atomic E-state index is 1.10. The van der Waals surface area contributed by atoms with E-state index < -0.39 is 0 Å². The highest BCUT2D eigenvalue weighted by atomic mass is 15.2. The zero-order chi connectivity index (χ0) is 12.6. The van der Waals surface area contributed by atoms with Crippen LogP contribution >= 0.6 is 0 Å². The first-order valence-corrected chi connectivity index (χ1v) is 7.49. The Balaban J connectivity index is 1.88. The van der Waals surface area contributed by atoms with Gasteiger partial charge in [0.15, 0.2) is 0 Å². The molecule has 0 aromatic heterocycles. The third kappa shape index (κ3) is 3.66. The highest BCUT2D eigenvalue weighted by Gasteiger charge is 2.13. The predicted octanol–water partition coefficient (Wildman–Crippen LogP) is 4.28. The van der Waals surface area contributed by atoms with Crippen molar-refractivity contribution in [3.63, 3.8) is 0 Å². The Bertz CT molecular complexity index is 349. The molecular formula is C16H26N2. The maximum absolute atomic E-state index is 3.52. The monoisotopic (exact) mass is 246 g/mol. The fourth-order valence-corrected chi connectivity index (χ4v) is 2.65. The van der Waals surface area contributed by atoms with Gasteiger partial charge in [-0.15, -0.1) is 0 Å². The molecule has 0 bridgehead atoms. The number of hydrogen-bond acceptors (Lipinski definition) is 2. The number of para-hydroxylation sites is 2. The Kier molecular flexibility index (Phi) is 5.37. The Hall–Kier alpha value is -1.18. The Morgan fingerprint density at radius 1 is 1.11 bits per heavy atom. The summed E-state index contributed by atoms with van der Waals surface area (Å²) in [7, 11) is 0. The van der Waals surface area contributed by atoms with Gasteiger partial charge < -0.3 is 10.2 Å². The van der Waals surface area contributed by atoms with Gasteiger partial charge in [-0.05, 0) is 25.0 Å². The molecule has 1 aromatic rings. The van der Waals surface area contributed by atoms with Crippen molar-refractivity contribution in [3.05, 3.63) is 24.3 Å². The standard InChI is InChI=1S/C16H26N2/c1-2-3-4-5-8-13-18-14-9-12-17-15-10-6-7-11-16(15)18/h6-7,10-11,17H,2-5,8-9,12-14H2,1H3. The van der Waals surface area contributed by atoms with E-state index in [0.717, 1.165) is 6.54 Å². The van der Waals surface area contributed by atoms with Crippen LogP contribution in [0.15, 0.2) is 24.3 Å². The number of benzene rings is 1. The second kappa shape index (κ2) is 7.30. The summed E-state index contributed by atoms with van der Waals surface area (Å²) in [5.41, 5.74) is 2.70. The summed E-state index contributed by atoms with van der Waals surface area (Å²) in [6.45, 7) is 5.78. The molecule has 2 rings (SSSR count). The van der Waals surface area contributed by atoms with Gasteiger partial charge in [0.2, 0.25) is 0 Å². The molecule has 2 heteroatoms. The second-order valence-corrected chi connectivity index (χ2v) is 5.20. The lowest BCUT2D eigenvalue weighted by Gasteiger charge is -2.24. The molecule has 100 valence electrons. The maximum Gasteiger partial charge on any atom is 0.0602 e. The second-order valence-electron chi connectivity index (χ2n) is 5.20. The number of nitrogens with one attached hydrogen (secondary N) is 1. The van der Waals surface area contributed by atoms with Crippen molar-refractivity contribution < 1.29 is 0 Å². The van der Waals surface area contributed by atoms with Crippen LogP contribution in [0.2, 0.25) is 0 Å². The van der Waals surface area contributed by atoms with Crippen LogP contribution in [0, 0.1) is 0 Å². The SMILES string of the molecule is CCCCCCCN1CCCNc2ccccc21. The van der Waals surface area contributed by atoms with E-state index in [-0.39, 0.29) is 0 Å². The predicted molar refractivity (Wildman–Crippen MR) is 80.5 cm³/mol. The van der Waals surface area contributed by atoms with Crippen LogP contribution in [0.5, 0.6) is 0 Å². The van der Waals surface area contributed by atoms with Gasteiger partial charge in [0.1, 0.15) is 0 Å². The van der Waals surface area contributed by atoms with Crippen molar-refractivity contribution >= 4 is 11.4 Å². The number of nitrogens with zero attached hydrogens (tertiary/aromatic N) is 1. The van der Waals surface area contributed by atoms with Crippen molar-refractivity contribution in [2.75, 3.05) is 29.9 Å². The Morgan fingerprint density at radius 3 is 2.83 bits per heavy atom. The van der Waals surface area contributed by atoms with Crippen LogP contribution in [-0.2, 0) is 0 Å². The molecule has 0 atom stereocenters. The fraction of sp³-hybridized carbons (Fsp3) is 0.625. The summed E-state index contributed by atoms with van der Waals surface area (Å²) in [5.74, 6) is 0. The van der Waals surface area contributed by atoms with Gasteiger partial charge in [-0.2, -0.15) is 0 Å². The summed E-state index contributed by atoms with van der Waals surface area (Å²) in [4.78, 5) is 2.56. The van der Waals surface area contributed by atoms with Gasteiger partial charge in [-0.25, -0.2) is 0 Å². The summed E-state index contributed by atoms with van der Waals surface area (Å²) in [5, 5.41) is 3.52. The van der Waals surface area contributed by atoms with Crippen molar-refractivity contribution in [2.45, 2.75) is 45.4 Å². The highest BCUT2D eigenvalue weighted by Crippen LogP contribution is 2.28. The number of rotatable bonds is 6. The van der Waals surface area contributed by atoms with Gasteiger partial charge in [-0.1, -0.05) is 44.7 Å². The molecular weight excluding hydrogens is 220 g/mol. The van der Waals surface area contributed by atoms with E-state index in [0.29, 0.717) is 0 Å². The van der Waals surface area contributed by atoms with E-state index in [1.54, 1.807) is 0 Å². The molecule has 1 heterocycles. The van der Waals surface area contributed by atoms with Crippen molar-refractivity contribution in [1.29, 1.82) is 0 Å². The Labute approximate surface area is 111 Å². The van der Waals surface area contributed by atoms with E-state index in [1.807, 2.05) is 0 Å². The number of anilines is 2. The lowest BCUT2D eigenvalue weighted by molar-refractivity contribution is 0.616. The van der Waals surface area contributed by atoms with Crippen molar-refractivity contribution in [3.8, 4) is 0 Å². The van der Waals surface area contributed by atoms with Crippen LogP contribution in [0.1, 0.15) is 45.4 Å². The minimum atomic E-state index is 1.10. The molecule has 0 saturated carbocycles. The quantitative estimate of drug-likeness (QED) is 0.754. The normalized spacial score (nSPS) is 14.8. The van der Waals surface area contributed by atoms with Gasteiger partial charge in [0, 0.05) is 19.6 Å². The van der Waals surface area contributed by atoms with Gasteiger partial charge in [-0.3, -0.25) is 0 Å². The molecule has 1 aromatic carbocycles. The molecule has 0 amide bonds. The van der Waals surface area contributed by atoms with E-state index >= 15 is 0 Å². The molecule has 0 radical (unpaired) electrons. The highest BCUT2D eigenvalue weighted by molar-refractivity contribution is 5.70. The summed E-state index contributed by atoms with van der Waals surface area (Å²) in [6, 6.07) is 8.72. The summed E-state index contributed by atoms with van der Waals surface area (Å²) in [6.07, 6.45) is 8.05. The third-order valence-corrected chi connectivity index (χ3v) is 3.70. The molecule has 18 heavy (non-hydrogen) atoms. The van der Waals surface area contributed by atoms with E-state index in [4.69, 9.17) is 0 Å². The zero-order valence-corrected chi connectivity index (χ0v) is 11.6. The average Bonchev–Trinajstić information content (AvgIpc) is 2.61. The largest absolute Gasteiger partial charge is 0.383 e. The topological polar surface area (TPSA) is 15.3 Å². The van der Waals surface area contributed by atoms with Crippen molar-refractivity contribution in [2.24, 2.45) is 0 Å². The molecule has 2 nitrogen and oxygen atoms in total. The van der Waals surface area contributed by atoms with Crippen LogP contribution < -0.4 is 10.2 Å². The molecule has 0 spiro atoms. The average molecular weight is 246 g/mol. The van der Waals surface area contributed by atoms with E-state index in [1.165, 1.54) is 63.0 Å². The minimum Gasteiger partial charge on any atom is -0.383 e. The first-order chi connectivity index (χ1) is 8.92. The lowest BCUT2D eigenvalue weighted by Crippen LogP contribution is -2.25. The molecule has 1 aliphatic heterocycles. The lowest BCUT2D eigenvalue weighted by atomic mass is 10.1. The number of unbranched alkanes of at least 4 members (excludes halogenated alkanes) is 4. The zero-order valence-electron chi connectivity index (χ0n) is 11.6. The fourth-order valence-electron chi connectivity index (χ4n) is 2.65. The molecule has 1 N–H and O–H groups in total. The van der Waals surface area contributed by atoms with Crippen LogP contribution in [0.25, 0.3) is 0 Å². The molecule has 0 aliphatic carbocycles. The van der Waals surface area contributed by atoms with Crippen LogP contribution in [0.3, 0.4) is 0 Å². The van der Waals surface area contributed by atoms with Gasteiger partial charge in [0.25, 0.3) is 0 Å².